The predicted molar refractivity (Wildman–Crippen MR) is 55.3 cm³/mol. The highest BCUT2D eigenvalue weighted by atomic mass is 79.9. The van der Waals surface area contributed by atoms with Gasteiger partial charge in [-0.25, -0.2) is 9.89 Å². The van der Waals surface area contributed by atoms with Gasteiger partial charge in [0.05, 0.1) is 11.1 Å². The van der Waals surface area contributed by atoms with E-state index in [9.17, 15) is 18.0 Å². The van der Waals surface area contributed by atoms with Crippen LogP contribution in [-0.2, 0) is 6.18 Å². The monoisotopic (exact) mass is 308 g/mol. The Labute approximate surface area is 101 Å². The Morgan fingerprint density at radius 2 is 2.06 bits per heavy atom. The Morgan fingerprint density at radius 1 is 1.35 bits per heavy atom. The van der Waals surface area contributed by atoms with Gasteiger partial charge in [-0.05, 0) is 18.2 Å². The van der Waals surface area contributed by atoms with Crippen molar-refractivity contribution >= 4 is 15.9 Å². The van der Waals surface area contributed by atoms with Crippen molar-refractivity contribution in [3.8, 4) is 11.5 Å². The summed E-state index contributed by atoms with van der Waals surface area (Å²) in [6, 6.07) is 3.47. The predicted octanol–water partition coefficient (Wildman–Crippen LogP) is 2.81. The average Bonchev–Trinajstić information content (AvgIpc) is 2.63. The number of nitrogens with zero attached hydrogens (tertiary/aromatic N) is 1. The molecule has 0 unspecified atom stereocenters. The van der Waals surface area contributed by atoms with Gasteiger partial charge in [0, 0.05) is 4.47 Å². The van der Waals surface area contributed by atoms with Crippen LogP contribution in [0.5, 0.6) is 0 Å². The van der Waals surface area contributed by atoms with E-state index >= 15 is 0 Å². The van der Waals surface area contributed by atoms with E-state index in [4.69, 9.17) is 0 Å². The number of hydrogen-bond acceptors (Lipinski definition) is 3. The topological polar surface area (TPSA) is 58.9 Å². The van der Waals surface area contributed by atoms with Gasteiger partial charge < -0.3 is 4.42 Å². The van der Waals surface area contributed by atoms with Gasteiger partial charge >= 0.3 is 11.9 Å². The molecule has 17 heavy (non-hydrogen) atoms. The number of aromatic nitrogens is 2. The maximum absolute atomic E-state index is 12.7. The Morgan fingerprint density at radius 3 is 2.59 bits per heavy atom. The highest BCUT2D eigenvalue weighted by molar-refractivity contribution is 9.10. The fourth-order valence-electron chi connectivity index (χ4n) is 1.28. The lowest BCUT2D eigenvalue weighted by Gasteiger charge is -2.10. The van der Waals surface area contributed by atoms with Crippen LogP contribution in [0.4, 0.5) is 13.2 Å². The zero-order chi connectivity index (χ0) is 12.6. The summed E-state index contributed by atoms with van der Waals surface area (Å²) in [5, 5.41) is 5.28. The SMILES string of the molecule is O=c1[nH]nc(-c2ccc(Br)cc2C(F)(F)F)o1. The summed E-state index contributed by atoms with van der Waals surface area (Å²) in [4.78, 5) is 10.7. The van der Waals surface area contributed by atoms with Crippen LogP contribution in [0.2, 0.25) is 0 Å². The van der Waals surface area contributed by atoms with Gasteiger partial charge in [0.1, 0.15) is 0 Å². The summed E-state index contributed by atoms with van der Waals surface area (Å²) in [5.41, 5.74) is -1.22. The van der Waals surface area contributed by atoms with Gasteiger partial charge in [-0.3, -0.25) is 0 Å². The molecule has 1 aromatic carbocycles. The van der Waals surface area contributed by atoms with Crippen LogP contribution in [0.25, 0.3) is 11.5 Å². The minimum atomic E-state index is -4.56. The Balaban J connectivity index is 2.65. The van der Waals surface area contributed by atoms with Gasteiger partial charge in [-0.2, -0.15) is 13.2 Å². The van der Waals surface area contributed by atoms with Crippen molar-refractivity contribution < 1.29 is 17.6 Å². The van der Waals surface area contributed by atoms with Crippen molar-refractivity contribution in [3.05, 3.63) is 38.8 Å². The summed E-state index contributed by atoms with van der Waals surface area (Å²) in [5.74, 6) is -1.30. The van der Waals surface area contributed by atoms with Crippen molar-refractivity contribution in [2.75, 3.05) is 0 Å². The molecule has 0 amide bonds. The fraction of sp³-hybridized carbons (Fsp3) is 0.111. The molecule has 0 saturated heterocycles. The van der Waals surface area contributed by atoms with E-state index in [-0.39, 0.29) is 10.0 Å². The summed E-state index contributed by atoms with van der Waals surface area (Å²) in [7, 11) is 0. The second-order valence-electron chi connectivity index (χ2n) is 3.11. The molecule has 4 nitrogen and oxygen atoms in total. The number of rotatable bonds is 1. The number of H-pyrrole nitrogens is 1. The third-order valence-electron chi connectivity index (χ3n) is 1.96. The van der Waals surface area contributed by atoms with Crippen molar-refractivity contribution in [1.82, 2.24) is 10.2 Å². The molecule has 0 atom stereocenters. The lowest BCUT2D eigenvalue weighted by molar-refractivity contribution is -0.137. The first-order chi connectivity index (χ1) is 7.88. The number of halogens is 4. The summed E-state index contributed by atoms with van der Waals surface area (Å²) in [6.07, 6.45) is -4.56. The Bertz CT molecular complexity index is 603. The Kier molecular flexibility index (Phi) is 2.82. The van der Waals surface area contributed by atoms with Crippen LogP contribution >= 0.6 is 15.9 Å². The number of aromatic amines is 1. The molecule has 0 radical (unpaired) electrons. The van der Waals surface area contributed by atoms with Crippen LogP contribution in [0.15, 0.2) is 31.9 Å². The summed E-state index contributed by atoms with van der Waals surface area (Å²) in [6.45, 7) is 0. The standard InChI is InChI=1S/C9H4BrF3N2O2/c10-4-1-2-5(6(3-4)9(11,12)13)7-14-15-8(16)17-7/h1-3H,(H,15,16). The maximum atomic E-state index is 12.7. The van der Waals surface area contributed by atoms with Gasteiger partial charge in [0.2, 0.25) is 5.89 Å². The first kappa shape index (κ1) is 11.9. The minimum absolute atomic E-state index is 0.270. The molecule has 0 aliphatic heterocycles. The first-order valence-corrected chi connectivity index (χ1v) is 5.10. The molecular formula is C9H4BrF3N2O2. The van der Waals surface area contributed by atoms with E-state index in [0.29, 0.717) is 0 Å². The molecule has 1 heterocycles. The average molecular weight is 309 g/mol. The Hall–Kier alpha value is -1.57. The molecule has 90 valence electrons. The van der Waals surface area contributed by atoms with Gasteiger partial charge in [0.25, 0.3) is 0 Å². The van der Waals surface area contributed by atoms with Crippen LogP contribution in [0, 0.1) is 0 Å². The van der Waals surface area contributed by atoms with Gasteiger partial charge in [-0.1, -0.05) is 15.9 Å². The lowest BCUT2D eigenvalue weighted by atomic mass is 10.1. The molecule has 0 saturated carbocycles. The normalized spacial score (nSPS) is 11.8. The van der Waals surface area contributed by atoms with E-state index in [1.165, 1.54) is 12.1 Å². The van der Waals surface area contributed by atoms with E-state index in [0.717, 1.165) is 6.07 Å². The minimum Gasteiger partial charge on any atom is -0.388 e. The molecule has 2 rings (SSSR count). The fourth-order valence-corrected chi connectivity index (χ4v) is 1.64. The van der Waals surface area contributed by atoms with Crippen molar-refractivity contribution in [1.29, 1.82) is 0 Å². The molecule has 0 fully saturated rings. The lowest BCUT2D eigenvalue weighted by Crippen LogP contribution is -2.07. The van der Waals surface area contributed by atoms with Crippen LogP contribution in [0.1, 0.15) is 5.56 Å². The van der Waals surface area contributed by atoms with Gasteiger partial charge in [-0.15, -0.1) is 5.10 Å². The molecule has 1 aromatic heterocycles. The molecule has 1 N–H and O–H groups in total. The molecule has 0 spiro atoms. The maximum Gasteiger partial charge on any atom is 0.434 e. The third kappa shape index (κ3) is 2.41. The van der Waals surface area contributed by atoms with Crippen LogP contribution in [0.3, 0.4) is 0 Å². The zero-order valence-electron chi connectivity index (χ0n) is 8.01. The van der Waals surface area contributed by atoms with Gasteiger partial charge in [0.15, 0.2) is 0 Å². The zero-order valence-corrected chi connectivity index (χ0v) is 9.59. The first-order valence-electron chi connectivity index (χ1n) is 4.30. The molecule has 8 heteroatoms. The largest absolute Gasteiger partial charge is 0.434 e. The van der Waals surface area contributed by atoms with E-state index in [2.05, 4.69) is 25.4 Å². The third-order valence-corrected chi connectivity index (χ3v) is 2.45. The number of hydrogen-bond donors (Lipinski definition) is 1. The number of benzene rings is 1. The molecule has 0 aliphatic rings. The highest BCUT2D eigenvalue weighted by Gasteiger charge is 2.35. The molecule has 0 aliphatic carbocycles. The molecule has 0 bridgehead atoms. The number of alkyl halides is 3. The quantitative estimate of drug-likeness (QED) is 0.881. The van der Waals surface area contributed by atoms with E-state index in [1.807, 2.05) is 5.10 Å². The van der Waals surface area contributed by atoms with Crippen molar-refractivity contribution in [2.24, 2.45) is 0 Å². The highest BCUT2D eigenvalue weighted by Crippen LogP contribution is 2.37. The van der Waals surface area contributed by atoms with E-state index < -0.39 is 23.4 Å². The smallest absolute Gasteiger partial charge is 0.388 e. The molecular weight excluding hydrogens is 305 g/mol. The van der Waals surface area contributed by atoms with E-state index in [1.54, 1.807) is 0 Å². The van der Waals surface area contributed by atoms with Crippen LogP contribution in [-0.4, -0.2) is 10.2 Å². The van der Waals surface area contributed by atoms with Crippen molar-refractivity contribution in [3.63, 3.8) is 0 Å². The number of nitrogens with one attached hydrogen (secondary N) is 1. The second kappa shape index (κ2) is 4.02. The summed E-state index contributed by atoms with van der Waals surface area (Å²) >= 11 is 2.95. The van der Waals surface area contributed by atoms with Crippen molar-refractivity contribution in [2.45, 2.75) is 6.18 Å². The second-order valence-corrected chi connectivity index (χ2v) is 4.02. The molecule has 2 aromatic rings. The summed E-state index contributed by atoms with van der Waals surface area (Å²) < 4.78 is 43.0. The van der Waals surface area contributed by atoms with Crippen LogP contribution < -0.4 is 5.76 Å².